The molecular weight excluding hydrogens is 300 g/mol. The molecule has 1 fully saturated rings. The molecule has 0 aromatic heterocycles. The van der Waals surface area contributed by atoms with E-state index >= 15 is 0 Å². The molecule has 0 radical (unpaired) electrons. The molecule has 1 aromatic carbocycles. The maximum Gasteiger partial charge on any atom is 0.224 e. The van der Waals surface area contributed by atoms with E-state index in [1.807, 2.05) is 40.1 Å². The first kappa shape index (κ1) is 18.5. The normalized spacial score (nSPS) is 15.3. The molecular formula is C20H30N2O2. The number of unbranched alkanes of at least 4 members (excludes halogenated alkanes) is 1. The van der Waals surface area contributed by atoms with Crippen LogP contribution in [0.1, 0.15) is 64.0 Å². The van der Waals surface area contributed by atoms with Crippen LogP contribution in [0.5, 0.6) is 0 Å². The summed E-state index contributed by atoms with van der Waals surface area (Å²) >= 11 is 0. The predicted octanol–water partition coefficient (Wildman–Crippen LogP) is 3.78. The summed E-state index contributed by atoms with van der Waals surface area (Å²) in [6.45, 7) is 6.40. The van der Waals surface area contributed by atoms with Gasteiger partial charge in [0.1, 0.15) is 0 Å². The fraction of sp³-hybridized carbons (Fsp3) is 0.600. The van der Waals surface area contributed by atoms with Crippen LogP contribution in [0.3, 0.4) is 0 Å². The molecule has 1 unspecified atom stereocenters. The first-order chi connectivity index (χ1) is 11.6. The maximum absolute atomic E-state index is 12.7. The monoisotopic (exact) mass is 330 g/mol. The number of amides is 2. The number of carbonyl (C=O) groups is 2. The third-order valence-corrected chi connectivity index (χ3v) is 4.84. The van der Waals surface area contributed by atoms with Gasteiger partial charge in [0.15, 0.2) is 0 Å². The Morgan fingerprint density at radius 1 is 1.12 bits per heavy atom. The lowest BCUT2D eigenvalue weighted by Crippen LogP contribution is -2.37. The first-order valence-corrected chi connectivity index (χ1v) is 9.25. The first-order valence-electron chi connectivity index (χ1n) is 9.25. The molecule has 132 valence electrons. The molecule has 4 nitrogen and oxygen atoms in total. The Balaban J connectivity index is 2.01. The average Bonchev–Trinajstić information content (AvgIpc) is 3.15. The van der Waals surface area contributed by atoms with Gasteiger partial charge in [-0.1, -0.05) is 43.7 Å². The van der Waals surface area contributed by atoms with E-state index in [1.165, 1.54) is 0 Å². The third-order valence-electron chi connectivity index (χ3n) is 4.84. The molecule has 1 atom stereocenters. The van der Waals surface area contributed by atoms with E-state index in [0.29, 0.717) is 19.4 Å². The number of benzene rings is 1. The standard InChI is InChI=1S/C20H30N2O2/c1-3-4-12-20(24)22(17(2)18-10-6-5-7-11-18)16-13-19(23)21-14-8-9-15-21/h5-7,10-11,17H,3-4,8-9,12-16H2,1-2H3. The van der Waals surface area contributed by atoms with Gasteiger partial charge >= 0.3 is 0 Å². The molecule has 0 spiro atoms. The van der Waals surface area contributed by atoms with Crippen LogP contribution >= 0.6 is 0 Å². The van der Waals surface area contributed by atoms with Crippen molar-refractivity contribution in [3.8, 4) is 0 Å². The second-order valence-corrected chi connectivity index (χ2v) is 6.62. The highest BCUT2D eigenvalue weighted by atomic mass is 16.2. The summed E-state index contributed by atoms with van der Waals surface area (Å²) in [6.07, 6.45) is 5.10. The van der Waals surface area contributed by atoms with Gasteiger partial charge in [0.2, 0.25) is 11.8 Å². The van der Waals surface area contributed by atoms with Gasteiger partial charge in [-0.3, -0.25) is 9.59 Å². The molecule has 0 N–H and O–H groups in total. The van der Waals surface area contributed by atoms with E-state index in [2.05, 4.69) is 13.8 Å². The summed E-state index contributed by atoms with van der Waals surface area (Å²) in [5.74, 6) is 0.337. The van der Waals surface area contributed by atoms with E-state index in [4.69, 9.17) is 0 Å². The fourth-order valence-corrected chi connectivity index (χ4v) is 3.26. The Bertz CT molecular complexity index is 524. The van der Waals surface area contributed by atoms with Gasteiger partial charge in [-0.15, -0.1) is 0 Å². The largest absolute Gasteiger partial charge is 0.343 e. The smallest absolute Gasteiger partial charge is 0.224 e. The Labute approximate surface area is 145 Å². The summed E-state index contributed by atoms with van der Waals surface area (Å²) in [5, 5.41) is 0. The van der Waals surface area contributed by atoms with Crippen LogP contribution in [0.2, 0.25) is 0 Å². The highest BCUT2D eigenvalue weighted by molar-refractivity contribution is 5.79. The molecule has 1 aliphatic rings. The van der Waals surface area contributed by atoms with Crippen molar-refractivity contribution in [3.05, 3.63) is 35.9 Å². The van der Waals surface area contributed by atoms with E-state index in [0.717, 1.165) is 44.3 Å². The lowest BCUT2D eigenvalue weighted by Gasteiger charge is -2.30. The number of likely N-dealkylation sites (tertiary alicyclic amines) is 1. The second kappa shape index (κ2) is 9.45. The number of rotatable bonds is 8. The Kier molecular flexibility index (Phi) is 7.29. The maximum atomic E-state index is 12.7. The molecule has 4 heteroatoms. The van der Waals surface area contributed by atoms with Crippen molar-refractivity contribution >= 4 is 11.8 Å². The van der Waals surface area contributed by atoms with Gasteiger partial charge < -0.3 is 9.80 Å². The van der Waals surface area contributed by atoms with Crippen LogP contribution in [-0.2, 0) is 9.59 Å². The van der Waals surface area contributed by atoms with E-state index < -0.39 is 0 Å². The van der Waals surface area contributed by atoms with Gasteiger partial charge in [0, 0.05) is 32.5 Å². The van der Waals surface area contributed by atoms with Crippen molar-refractivity contribution in [2.75, 3.05) is 19.6 Å². The van der Waals surface area contributed by atoms with Crippen molar-refractivity contribution < 1.29 is 9.59 Å². The summed E-state index contributed by atoms with van der Waals surface area (Å²) in [7, 11) is 0. The lowest BCUT2D eigenvalue weighted by atomic mass is 10.1. The van der Waals surface area contributed by atoms with Crippen molar-refractivity contribution in [2.24, 2.45) is 0 Å². The molecule has 0 aliphatic carbocycles. The molecule has 2 amide bonds. The SMILES string of the molecule is CCCCC(=O)N(CCC(=O)N1CCCC1)C(C)c1ccccc1. The van der Waals surface area contributed by atoms with Crippen LogP contribution < -0.4 is 0 Å². The summed E-state index contributed by atoms with van der Waals surface area (Å²) in [4.78, 5) is 28.8. The fourth-order valence-electron chi connectivity index (χ4n) is 3.26. The van der Waals surface area contributed by atoms with Gasteiger partial charge in [-0.05, 0) is 31.7 Å². The topological polar surface area (TPSA) is 40.6 Å². The van der Waals surface area contributed by atoms with Gasteiger partial charge in [-0.25, -0.2) is 0 Å². The number of carbonyl (C=O) groups excluding carboxylic acids is 2. The molecule has 24 heavy (non-hydrogen) atoms. The van der Waals surface area contributed by atoms with Crippen LogP contribution in [0, 0.1) is 0 Å². The molecule has 1 aliphatic heterocycles. The highest BCUT2D eigenvalue weighted by Gasteiger charge is 2.24. The molecule has 1 saturated heterocycles. The highest BCUT2D eigenvalue weighted by Crippen LogP contribution is 2.22. The van der Waals surface area contributed by atoms with Crippen molar-refractivity contribution in [1.82, 2.24) is 9.80 Å². The minimum Gasteiger partial charge on any atom is -0.343 e. The van der Waals surface area contributed by atoms with E-state index in [9.17, 15) is 9.59 Å². The summed E-state index contributed by atoms with van der Waals surface area (Å²) < 4.78 is 0. The zero-order chi connectivity index (χ0) is 17.4. The molecule has 1 heterocycles. The Morgan fingerprint density at radius 3 is 2.42 bits per heavy atom. The lowest BCUT2D eigenvalue weighted by molar-refractivity contribution is -0.135. The third kappa shape index (κ3) is 5.08. The minimum atomic E-state index is 0.00179. The van der Waals surface area contributed by atoms with Crippen molar-refractivity contribution in [1.29, 1.82) is 0 Å². The zero-order valence-corrected chi connectivity index (χ0v) is 15.0. The van der Waals surface area contributed by atoms with Crippen molar-refractivity contribution in [3.63, 3.8) is 0 Å². The molecule has 1 aromatic rings. The minimum absolute atomic E-state index is 0.00179. The summed E-state index contributed by atoms with van der Waals surface area (Å²) in [6, 6.07) is 10.1. The van der Waals surface area contributed by atoms with Gasteiger partial charge in [0.05, 0.1) is 6.04 Å². The number of hydrogen-bond donors (Lipinski definition) is 0. The van der Waals surface area contributed by atoms with Crippen LogP contribution in [0.15, 0.2) is 30.3 Å². The number of hydrogen-bond acceptors (Lipinski definition) is 2. The van der Waals surface area contributed by atoms with Crippen LogP contribution in [0.25, 0.3) is 0 Å². The van der Waals surface area contributed by atoms with E-state index in [-0.39, 0.29) is 17.9 Å². The molecule has 2 rings (SSSR count). The van der Waals surface area contributed by atoms with Crippen LogP contribution in [0.4, 0.5) is 0 Å². The molecule has 0 bridgehead atoms. The van der Waals surface area contributed by atoms with Crippen molar-refractivity contribution in [2.45, 2.75) is 58.4 Å². The zero-order valence-electron chi connectivity index (χ0n) is 15.0. The quantitative estimate of drug-likeness (QED) is 0.728. The Morgan fingerprint density at radius 2 is 1.79 bits per heavy atom. The predicted molar refractivity (Wildman–Crippen MR) is 96.5 cm³/mol. The van der Waals surface area contributed by atoms with Crippen LogP contribution in [-0.4, -0.2) is 41.2 Å². The number of nitrogens with zero attached hydrogens (tertiary/aromatic N) is 2. The average molecular weight is 330 g/mol. The molecule has 0 saturated carbocycles. The summed E-state index contributed by atoms with van der Waals surface area (Å²) in [5.41, 5.74) is 1.12. The second-order valence-electron chi connectivity index (χ2n) is 6.62. The van der Waals surface area contributed by atoms with Gasteiger partial charge in [-0.2, -0.15) is 0 Å². The van der Waals surface area contributed by atoms with Gasteiger partial charge in [0.25, 0.3) is 0 Å². The Hall–Kier alpha value is -1.84. The van der Waals surface area contributed by atoms with E-state index in [1.54, 1.807) is 0 Å².